The summed E-state index contributed by atoms with van der Waals surface area (Å²) in [5.74, 6) is 1.55. The summed E-state index contributed by atoms with van der Waals surface area (Å²) in [4.78, 5) is 21.2. The van der Waals surface area contributed by atoms with Crippen LogP contribution in [0, 0.1) is 5.41 Å². The Balaban J connectivity index is 1.26. The molecule has 31 heavy (non-hydrogen) atoms. The second kappa shape index (κ2) is 8.73. The first-order chi connectivity index (χ1) is 15.1. The predicted octanol–water partition coefficient (Wildman–Crippen LogP) is 5.13. The summed E-state index contributed by atoms with van der Waals surface area (Å²) >= 11 is 8.15. The highest BCUT2D eigenvalue weighted by atomic mass is 35.5. The van der Waals surface area contributed by atoms with E-state index in [-0.39, 0.29) is 0 Å². The van der Waals surface area contributed by atoms with Crippen molar-refractivity contribution >= 4 is 29.2 Å². The lowest BCUT2D eigenvalue weighted by Crippen LogP contribution is -2.41. The zero-order valence-corrected chi connectivity index (χ0v) is 18.9. The summed E-state index contributed by atoms with van der Waals surface area (Å²) < 4.78 is 5.84. The monoisotopic (exact) mass is 453 g/mol. The minimum atomic E-state index is 0.364. The topological polar surface area (TPSA) is 64.0 Å². The van der Waals surface area contributed by atoms with Gasteiger partial charge in [-0.1, -0.05) is 29.4 Å². The SMILES string of the molecule is C[C@H]1CC2(CCN(c3cnc(Sc4cccc(-c5ncccn5)c4Cl)cn3)CC2)CO1. The van der Waals surface area contributed by atoms with Crippen LogP contribution in [0.2, 0.25) is 5.02 Å². The molecule has 4 heterocycles. The van der Waals surface area contributed by atoms with Crippen LogP contribution in [-0.2, 0) is 4.74 Å². The maximum absolute atomic E-state index is 6.65. The van der Waals surface area contributed by atoms with Crippen molar-refractivity contribution in [3.05, 3.63) is 54.1 Å². The second-order valence-corrected chi connectivity index (χ2v) is 9.76. The van der Waals surface area contributed by atoms with Gasteiger partial charge in [0.1, 0.15) is 10.8 Å². The Labute approximate surface area is 191 Å². The van der Waals surface area contributed by atoms with Gasteiger partial charge >= 0.3 is 0 Å². The molecule has 0 saturated carbocycles. The highest BCUT2D eigenvalue weighted by Crippen LogP contribution is 2.42. The van der Waals surface area contributed by atoms with Crippen molar-refractivity contribution in [2.45, 2.75) is 42.2 Å². The average Bonchev–Trinajstić information content (AvgIpc) is 3.17. The Morgan fingerprint density at radius 3 is 2.55 bits per heavy atom. The fourth-order valence-electron chi connectivity index (χ4n) is 4.44. The van der Waals surface area contributed by atoms with Crippen LogP contribution in [0.5, 0.6) is 0 Å². The number of anilines is 1. The van der Waals surface area contributed by atoms with Crippen molar-refractivity contribution in [3.63, 3.8) is 0 Å². The summed E-state index contributed by atoms with van der Waals surface area (Å²) in [6, 6.07) is 7.65. The van der Waals surface area contributed by atoms with E-state index in [2.05, 4.69) is 31.8 Å². The van der Waals surface area contributed by atoms with Crippen LogP contribution in [0.4, 0.5) is 5.82 Å². The third kappa shape index (κ3) is 4.40. The standard InChI is InChI=1S/C23H24ClN5OS/c1-16-12-23(15-30-16)6-10-29(11-7-23)19-13-28-20(14-27-19)31-18-5-2-4-17(21(18)24)22-25-8-3-9-26-22/h2-5,8-9,13-14,16H,6-7,10-12,15H2,1H3/t16-/m0/s1. The first-order valence-electron chi connectivity index (χ1n) is 10.5. The molecule has 2 aliphatic rings. The third-order valence-electron chi connectivity index (χ3n) is 6.14. The predicted molar refractivity (Wildman–Crippen MR) is 123 cm³/mol. The number of nitrogens with zero attached hydrogens (tertiary/aromatic N) is 5. The smallest absolute Gasteiger partial charge is 0.160 e. The van der Waals surface area contributed by atoms with Gasteiger partial charge in [-0.05, 0) is 49.8 Å². The Kier molecular flexibility index (Phi) is 5.82. The molecule has 0 aliphatic carbocycles. The van der Waals surface area contributed by atoms with E-state index in [1.54, 1.807) is 18.5 Å². The van der Waals surface area contributed by atoms with Crippen molar-refractivity contribution < 1.29 is 4.74 Å². The second-order valence-electron chi connectivity index (χ2n) is 8.32. The number of piperidine rings is 1. The van der Waals surface area contributed by atoms with E-state index in [0.717, 1.165) is 53.8 Å². The van der Waals surface area contributed by atoms with Gasteiger partial charge in [0.2, 0.25) is 0 Å². The molecular formula is C23H24ClN5OS. The molecule has 3 aromatic rings. The largest absolute Gasteiger partial charge is 0.378 e. The molecule has 0 amide bonds. The lowest BCUT2D eigenvalue weighted by Gasteiger charge is -2.38. The number of hydrogen-bond donors (Lipinski definition) is 0. The maximum Gasteiger partial charge on any atom is 0.160 e. The molecule has 2 aliphatic heterocycles. The number of aromatic nitrogens is 4. The highest BCUT2D eigenvalue weighted by molar-refractivity contribution is 7.99. The Hall–Kier alpha value is -2.22. The summed E-state index contributed by atoms with van der Waals surface area (Å²) in [6.45, 7) is 5.08. The summed E-state index contributed by atoms with van der Waals surface area (Å²) in [5.41, 5.74) is 1.17. The van der Waals surface area contributed by atoms with E-state index in [0.29, 0.717) is 22.4 Å². The van der Waals surface area contributed by atoms with Crippen molar-refractivity contribution in [3.8, 4) is 11.4 Å². The molecule has 2 aromatic heterocycles. The van der Waals surface area contributed by atoms with Gasteiger partial charge in [0.15, 0.2) is 5.82 Å². The van der Waals surface area contributed by atoms with Crippen LogP contribution < -0.4 is 4.90 Å². The zero-order chi connectivity index (χ0) is 21.3. The van der Waals surface area contributed by atoms with Crippen molar-refractivity contribution in [1.82, 2.24) is 19.9 Å². The van der Waals surface area contributed by atoms with Crippen LogP contribution in [-0.4, -0.2) is 45.7 Å². The Morgan fingerprint density at radius 1 is 1.06 bits per heavy atom. The van der Waals surface area contributed by atoms with Gasteiger partial charge in [0.05, 0.1) is 30.1 Å². The van der Waals surface area contributed by atoms with Crippen LogP contribution >= 0.6 is 23.4 Å². The third-order valence-corrected chi connectivity index (χ3v) is 7.64. The molecule has 0 bridgehead atoms. The van der Waals surface area contributed by atoms with Gasteiger partial charge in [0, 0.05) is 35.9 Å². The Morgan fingerprint density at radius 2 is 1.87 bits per heavy atom. The van der Waals surface area contributed by atoms with Crippen LogP contribution in [0.15, 0.2) is 59.0 Å². The van der Waals surface area contributed by atoms with Crippen molar-refractivity contribution in [2.75, 3.05) is 24.6 Å². The van der Waals surface area contributed by atoms with Gasteiger partial charge < -0.3 is 9.64 Å². The van der Waals surface area contributed by atoms with Gasteiger partial charge in [-0.25, -0.2) is 19.9 Å². The van der Waals surface area contributed by atoms with Gasteiger partial charge in [-0.15, -0.1) is 0 Å². The molecule has 0 radical (unpaired) electrons. The fourth-order valence-corrected chi connectivity index (χ4v) is 5.55. The van der Waals surface area contributed by atoms with Gasteiger partial charge in [-0.2, -0.15) is 0 Å². The number of benzene rings is 1. The average molecular weight is 454 g/mol. The molecule has 0 N–H and O–H groups in total. The van der Waals surface area contributed by atoms with E-state index in [4.69, 9.17) is 16.3 Å². The molecule has 5 rings (SSSR count). The van der Waals surface area contributed by atoms with Crippen LogP contribution in [0.25, 0.3) is 11.4 Å². The summed E-state index contributed by atoms with van der Waals surface area (Å²) in [7, 11) is 0. The molecule has 6 nitrogen and oxygen atoms in total. The number of ether oxygens (including phenoxy) is 1. The minimum absolute atomic E-state index is 0.364. The minimum Gasteiger partial charge on any atom is -0.378 e. The molecule has 160 valence electrons. The maximum atomic E-state index is 6.65. The molecule has 2 fully saturated rings. The molecule has 1 atom stereocenters. The van der Waals surface area contributed by atoms with E-state index in [1.165, 1.54) is 18.2 Å². The highest BCUT2D eigenvalue weighted by Gasteiger charge is 2.41. The molecular weight excluding hydrogens is 430 g/mol. The van der Waals surface area contributed by atoms with Crippen LogP contribution in [0.3, 0.4) is 0 Å². The van der Waals surface area contributed by atoms with E-state index < -0.39 is 0 Å². The zero-order valence-electron chi connectivity index (χ0n) is 17.4. The Bertz CT molecular complexity index is 1040. The summed E-state index contributed by atoms with van der Waals surface area (Å²) in [5, 5.41) is 1.43. The van der Waals surface area contributed by atoms with Crippen molar-refractivity contribution in [1.29, 1.82) is 0 Å². The fraction of sp³-hybridized carbons (Fsp3) is 0.391. The molecule has 0 unspecified atom stereocenters. The first kappa shape index (κ1) is 20.7. The normalized spacial score (nSPS) is 20.3. The van der Waals surface area contributed by atoms with E-state index >= 15 is 0 Å². The molecule has 8 heteroatoms. The lowest BCUT2D eigenvalue weighted by atomic mass is 9.77. The lowest BCUT2D eigenvalue weighted by molar-refractivity contribution is 0.0976. The molecule has 1 spiro atoms. The number of rotatable bonds is 4. The van der Waals surface area contributed by atoms with E-state index in [1.807, 2.05) is 30.6 Å². The van der Waals surface area contributed by atoms with Gasteiger partial charge in [-0.3, -0.25) is 0 Å². The molecule has 2 saturated heterocycles. The summed E-state index contributed by atoms with van der Waals surface area (Å²) in [6.07, 6.45) is 11.0. The first-order valence-corrected chi connectivity index (χ1v) is 11.7. The van der Waals surface area contributed by atoms with Crippen LogP contribution in [0.1, 0.15) is 26.2 Å². The van der Waals surface area contributed by atoms with E-state index in [9.17, 15) is 0 Å². The number of hydrogen-bond acceptors (Lipinski definition) is 7. The number of halogens is 1. The molecule has 1 aromatic carbocycles. The van der Waals surface area contributed by atoms with Gasteiger partial charge in [0.25, 0.3) is 0 Å². The quantitative estimate of drug-likeness (QED) is 0.542. The van der Waals surface area contributed by atoms with Crippen molar-refractivity contribution in [2.24, 2.45) is 5.41 Å².